The van der Waals surface area contributed by atoms with E-state index in [0.29, 0.717) is 50.3 Å². The summed E-state index contributed by atoms with van der Waals surface area (Å²) in [6, 6.07) is 20.7. The van der Waals surface area contributed by atoms with Crippen LogP contribution in [0.15, 0.2) is 95.1 Å². The van der Waals surface area contributed by atoms with Crippen molar-refractivity contribution in [3.8, 4) is 17.2 Å². The van der Waals surface area contributed by atoms with E-state index in [1.807, 2.05) is 43.3 Å². The lowest BCUT2D eigenvalue weighted by Gasteiger charge is -2.28. The topological polar surface area (TPSA) is 148 Å². The van der Waals surface area contributed by atoms with Crippen molar-refractivity contribution in [2.24, 2.45) is 0 Å². The highest BCUT2D eigenvalue weighted by Crippen LogP contribution is 2.37. The van der Waals surface area contributed by atoms with Crippen LogP contribution in [0.5, 0.6) is 0 Å². The first kappa shape index (κ1) is 34.0. The average molecular weight is 673 g/mol. The first-order valence-corrected chi connectivity index (χ1v) is 17.0. The van der Waals surface area contributed by atoms with Crippen LogP contribution >= 0.6 is 0 Å². The number of hydrogen-bond acceptors (Lipinski definition) is 8. The second-order valence-electron chi connectivity index (χ2n) is 12.7. The molecule has 0 radical (unpaired) electrons. The van der Waals surface area contributed by atoms with Crippen LogP contribution in [-0.4, -0.2) is 65.5 Å². The fourth-order valence-electron chi connectivity index (χ4n) is 6.52. The third-order valence-electron chi connectivity index (χ3n) is 9.28. The van der Waals surface area contributed by atoms with Gasteiger partial charge in [-0.05, 0) is 74.4 Å². The number of amides is 3. The molecule has 2 aromatic carbocycles. The van der Waals surface area contributed by atoms with Gasteiger partial charge in [-0.1, -0.05) is 42.5 Å². The summed E-state index contributed by atoms with van der Waals surface area (Å²) < 4.78 is 5.35. The van der Waals surface area contributed by atoms with Crippen LogP contribution in [-0.2, 0) is 16.1 Å². The molecule has 2 aromatic rings. The van der Waals surface area contributed by atoms with Crippen LogP contribution in [0.25, 0.3) is 11.1 Å². The summed E-state index contributed by atoms with van der Waals surface area (Å²) in [4.78, 5) is 57.2. The van der Waals surface area contributed by atoms with Gasteiger partial charge in [-0.25, -0.2) is 0 Å². The smallest absolute Gasteiger partial charge is 0.251 e. The van der Waals surface area contributed by atoms with Crippen molar-refractivity contribution in [1.82, 2.24) is 20.4 Å². The van der Waals surface area contributed by atoms with E-state index in [1.54, 1.807) is 40.5 Å². The molecule has 3 amide bonds. The molecule has 3 heterocycles. The monoisotopic (exact) mass is 672 g/mol. The number of carbonyl (C=O) groups is 4. The van der Waals surface area contributed by atoms with Crippen molar-refractivity contribution < 1.29 is 23.6 Å². The minimum atomic E-state index is -0.783. The van der Waals surface area contributed by atoms with E-state index in [-0.39, 0.29) is 41.2 Å². The van der Waals surface area contributed by atoms with Crippen LogP contribution in [0, 0.1) is 18.3 Å². The lowest BCUT2D eigenvalue weighted by atomic mass is 10.0. The van der Waals surface area contributed by atoms with Gasteiger partial charge in [0.1, 0.15) is 23.5 Å². The molecule has 2 saturated heterocycles. The van der Waals surface area contributed by atoms with E-state index in [0.717, 1.165) is 41.5 Å². The molecule has 256 valence electrons. The summed E-state index contributed by atoms with van der Waals surface area (Å²) in [5.41, 5.74) is 4.46. The highest BCUT2D eigenvalue weighted by molar-refractivity contribution is 6.12. The highest BCUT2D eigenvalue weighted by Gasteiger charge is 2.32. The predicted octanol–water partition coefficient (Wildman–Crippen LogP) is 5.25. The van der Waals surface area contributed by atoms with Crippen LogP contribution in [0.2, 0.25) is 0 Å². The Bertz CT molecular complexity index is 1900. The largest absolute Gasteiger partial charge is 0.472 e. The van der Waals surface area contributed by atoms with E-state index >= 15 is 0 Å². The van der Waals surface area contributed by atoms with Crippen molar-refractivity contribution in [2.75, 3.05) is 31.5 Å². The highest BCUT2D eigenvalue weighted by atomic mass is 16.3. The van der Waals surface area contributed by atoms with E-state index in [9.17, 15) is 24.4 Å². The number of likely N-dealkylation sites (tertiary alicyclic amines) is 2. The normalized spacial score (nSPS) is 16.7. The van der Waals surface area contributed by atoms with Crippen LogP contribution < -0.4 is 16.0 Å². The number of nitrogens with one attached hydrogen (secondary N) is 3. The number of aryl methyl sites for hydroxylation is 1. The summed E-state index contributed by atoms with van der Waals surface area (Å²) in [6.45, 7) is 4.11. The molecule has 0 saturated carbocycles. The standard InChI is InChI=1S/C39H40N6O5/c1-26-21-30-25-50-20-16-31(30)35(26)43-37(42-33-11-5-6-19-45(39(33)49)24-34(46)44-17-7-8-18-44)32(22-40)36(47)28-12-14-29(15-13-28)38(48)41-23-27-9-3-2-4-10-27/h2-4,9-10,12-16,20-21,25,33,42-43H,5-8,11,17-19,23-24H2,1H3,(H,41,48)/t33-/m0/s1. The fourth-order valence-corrected chi connectivity index (χ4v) is 6.52. The summed E-state index contributed by atoms with van der Waals surface area (Å²) in [7, 11) is 0. The molecule has 50 heavy (non-hydrogen) atoms. The molecule has 11 heteroatoms. The Morgan fingerprint density at radius 2 is 1.66 bits per heavy atom. The Balaban J connectivity index is 1.27. The third kappa shape index (κ3) is 7.70. The number of ketones is 1. The second kappa shape index (κ2) is 15.6. The summed E-state index contributed by atoms with van der Waals surface area (Å²) in [5.74, 6) is -1.11. The zero-order valence-corrected chi connectivity index (χ0v) is 28.0. The molecule has 3 aliphatic heterocycles. The maximum Gasteiger partial charge on any atom is 0.251 e. The van der Waals surface area contributed by atoms with Gasteiger partial charge < -0.3 is 30.2 Å². The van der Waals surface area contributed by atoms with Gasteiger partial charge in [0.05, 0.1) is 24.8 Å². The minimum absolute atomic E-state index is 0.00506. The number of allylic oxidation sites excluding steroid dienone is 1. The van der Waals surface area contributed by atoms with Gasteiger partial charge >= 0.3 is 0 Å². The predicted molar refractivity (Wildman–Crippen MR) is 188 cm³/mol. The minimum Gasteiger partial charge on any atom is -0.472 e. The van der Waals surface area contributed by atoms with Gasteiger partial charge in [-0.3, -0.25) is 19.2 Å². The quantitative estimate of drug-likeness (QED) is 0.111. The number of anilines is 1. The van der Waals surface area contributed by atoms with Crippen molar-refractivity contribution >= 4 is 29.2 Å². The number of rotatable bonds is 11. The van der Waals surface area contributed by atoms with Crippen molar-refractivity contribution in [3.05, 3.63) is 113 Å². The molecule has 0 bridgehead atoms. The summed E-state index contributed by atoms with van der Waals surface area (Å²) >= 11 is 0. The van der Waals surface area contributed by atoms with E-state index < -0.39 is 11.8 Å². The molecule has 0 aromatic heterocycles. The average Bonchev–Trinajstić information content (AvgIpc) is 3.76. The molecule has 11 nitrogen and oxygen atoms in total. The van der Waals surface area contributed by atoms with E-state index in [4.69, 9.17) is 4.42 Å². The Labute approximate surface area is 291 Å². The molecular weight excluding hydrogens is 632 g/mol. The van der Waals surface area contributed by atoms with E-state index in [2.05, 4.69) is 22.0 Å². The third-order valence-corrected chi connectivity index (χ3v) is 9.28. The molecule has 6 rings (SSSR count). The Morgan fingerprint density at radius 1 is 0.940 bits per heavy atom. The zero-order chi connectivity index (χ0) is 35.0. The van der Waals surface area contributed by atoms with Crippen molar-refractivity contribution in [3.63, 3.8) is 0 Å². The Hall–Kier alpha value is -5.89. The van der Waals surface area contributed by atoms with Gasteiger partial charge in [-0.15, -0.1) is 0 Å². The summed E-state index contributed by atoms with van der Waals surface area (Å²) in [5, 5.41) is 19.9. The van der Waals surface area contributed by atoms with Crippen molar-refractivity contribution in [2.45, 2.75) is 51.6 Å². The number of fused-ring (bicyclic) bond motifs is 1. The lowest BCUT2D eigenvalue weighted by molar-refractivity contribution is -0.140. The van der Waals surface area contributed by atoms with Gasteiger partial charge in [0.2, 0.25) is 17.6 Å². The summed E-state index contributed by atoms with van der Waals surface area (Å²) in [6.07, 6.45) is 6.98. The molecule has 2 fully saturated rings. The van der Waals surface area contributed by atoms with Gasteiger partial charge in [0, 0.05) is 48.4 Å². The lowest BCUT2D eigenvalue weighted by Crippen LogP contribution is -2.49. The number of nitrogens with zero attached hydrogens (tertiary/aromatic N) is 3. The number of nitriles is 1. The maximum absolute atomic E-state index is 14.0. The zero-order valence-electron chi connectivity index (χ0n) is 28.0. The molecular formula is C39H40N6O5. The van der Waals surface area contributed by atoms with E-state index in [1.165, 1.54) is 12.1 Å². The number of carbonyl (C=O) groups excluding carboxylic acids is 4. The SMILES string of the molecule is Cc1cc2coccc-2c1NC(N[C@H]1CCCCN(CC(=O)N2CCCC2)C1=O)=C(C#N)C(=O)c1ccc(C(=O)NCc2ccccc2)cc1. The van der Waals surface area contributed by atoms with Gasteiger partial charge in [-0.2, -0.15) is 5.26 Å². The molecule has 3 N–H and O–H groups in total. The van der Waals surface area contributed by atoms with Crippen LogP contribution in [0.3, 0.4) is 0 Å². The molecule has 0 unspecified atom stereocenters. The maximum atomic E-state index is 14.0. The second-order valence-corrected chi connectivity index (χ2v) is 12.7. The Morgan fingerprint density at radius 3 is 2.40 bits per heavy atom. The first-order valence-electron chi connectivity index (χ1n) is 17.0. The molecule has 0 spiro atoms. The fraction of sp³-hybridized carbons (Fsp3) is 0.308. The number of Topliss-reactive ketones (excluding diaryl/α,β-unsaturated/α-hetero) is 1. The number of benzene rings is 2. The van der Waals surface area contributed by atoms with Crippen molar-refractivity contribution in [1.29, 1.82) is 5.26 Å². The van der Waals surface area contributed by atoms with Gasteiger partial charge in [0.25, 0.3) is 5.91 Å². The Kier molecular flexibility index (Phi) is 10.6. The molecule has 1 aliphatic carbocycles. The number of hydrogen-bond donors (Lipinski definition) is 3. The van der Waals surface area contributed by atoms with Gasteiger partial charge in [0.15, 0.2) is 0 Å². The molecule has 1 atom stereocenters. The molecule has 4 aliphatic rings. The van der Waals surface area contributed by atoms with Crippen LogP contribution in [0.4, 0.5) is 5.69 Å². The van der Waals surface area contributed by atoms with Crippen LogP contribution in [0.1, 0.15) is 63.9 Å². The first-order chi connectivity index (χ1) is 24.3.